The van der Waals surface area contributed by atoms with Crippen molar-refractivity contribution in [2.45, 2.75) is 19.9 Å². The van der Waals surface area contributed by atoms with Crippen molar-refractivity contribution in [3.63, 3.8) is 0 Å². The third kappa shape index (κ3) is 4.43. The number of ether oxygens (including phenoxy) is 2. The van der Waals surface area contributed by atoms with E-state index in [1.54, 1.807) is 47.4 Å². The van der Waals surface area contributed by atoms with Crippen molar-refractivity contribution < 1.29 is 18.7 Å². The predicted octanol–water partition coefficient (Wildman–Crippen LogP) is 7.23. The number of rotatable bonds is 7. The molecule has 0 spiro atoms. The molecular weight excluding hydrogens is 558 g/mol. The summed E-state index contributed by atoms with van der Waals surface area (Å²) in [5, 5.41) is 0.891. The lowest BCUT2D eigenvalue weighted by atomic mass is 9.97. The van der Waals surface area contributed by atoms with Crippen molar-refractivity contribution in [1.82, 2.24) is 0 Å². The summed E-state index contributed by atoms with van der Waals surface area (Å²) in [7, 11) is 0. The van der Waals surface area contributed by atoms with Gasteiger partial charge in [-0.05, 0) is 67.4 Å². The van der Waals surface area contributed by atoms with Crippen LogP contribution < -0.4 is 19.8 Å². The maximum Gasteiger partial charge on any atom is 0.295 e. The maximum absolute atomic E-state index is 13.9. The number of benzene rings is 3. The van der Waals surface area contributed by atoms with Crippen LogP contribution in [0.1, 0.15) is 40.2 Å². The van der Waals surface area contributed by atoms with Crippen LogP contribution in [0.5, 0.6) is 11.5 Å². The first-order valence-corrected chi connectivity index (χ1v) is 12.9. The molecule has 0 saturated carbocycles. The molecule has 4 aromatic rings. The molecular formula is C29H23BrClNO5. The van der Waals surface area contributed by atoms with Crippen LogP contribution in [0.15, 0.2) is 80.9 Å². The van der Waals surface area contributed by atoms with Crippen LogP contribution in [0.3, 0.4) is 0 Å². The lowest BCUT2D eigenvalue weighted by Crippen LogP contribution is -2.29. The minimum Gasteiger partial charge on any atom is -0.490 e. The highest BCUT2D eigenvalue weighted by Crippen LogP contribution is 2.44. The van der Waals surface area contributed by atoms with E-state index in [1.165, 1.54) is 0 Å². The van der Waals surface area contributed by atoms with Gasteiger partial charge in [-0.15, -0.1) is 0 Å². The highest BCUT2D eigenvalue weighted by Gasteiger charge is 2.44. The predicted molar refractivity (Wildman–Crippen MR) is 148 cm³/mol. The molecule has 6 nitrogen and oxygen atoms in total. The van der Waals surface area contributed by atoms with Gasteiger partial charge < -0.3 is 13.9 Å². The summed E-state index contributed by atoms with van der Waals surface area (Å²) < 4.78 is 18.4. The number of carbonyl (C=O) groups excluding carboxylic acids is 1. The summed E-state index contributed by atoms with van der Waals surface area (Å²) in [5.74, 6) is 0.616. The van der Waals surface area contributed by atoms with Gasteiger partial charge in [0, 0.05) is 15.2 Å². The number of nitrogens with zero attached hydrogens (tertiary/aromatic N) is 1. The van der Waals surface area contributed by atoms with Crippen LogP contribution in [-0.2, 0) is 0 Å². The molecule has 5 rings (SSSR count). The van der Waals surface area contributed by atoms with Gasteiger partial charge in [-0.25, -0.2) is 0 Å². The third-order valence-electron chi connectivity index (χ3n) is 6.21. The van der Waals surface area contributed by atoms with Crippen LogP contribution in [0.4, 0.5) is 5.69 Å². The monoisotopic (exact) mass is 579 g/mol. The smallest absolute Gasteiger partial charge is 0.295 e. The Morgan fingerprint density at radius 1 is 1.08 bits per heavy atom. The lowest BCUT2D eigenvalue weighted by molar-refractivity contribution is 0.0971. The Morgan fingerprint density at radius 2 is 1.89 bits per heavy atom. The molecule has 0 bridgehead atoms. The number of aryl methyl sites for hydroxylation is 1. The van der Waals surface area contributed by atoms with Gasteiger partial charge in [0.1, 0.15) is 12.2 Å². The molecule has 0 aliphatic carbocycles. The zero-order valence-corrected chi connectivity index (χ0v) is 22.6. The molecule has 37 heavy (non-hydrogen) atoms. The second kappa shape index (κ2) is 10.1. The van der Waals surface area contributed by atoms with Crippen LogP contribution in [0, 0.1) is 6.92 Å². The minimum absolute atomic E-state index is 0.00598. The lowest BCUT2D eigenvalue weighted by Gasteiger charge is -2.26. The number of carbonyl (C=O) groups is 1. The number of hydrogen-bond acceptors (Lipinski definition) is 5. The van der Waals surface area contributed by atoms with Gasteiger partial charge in [-0.1, -0.05) is 52.3 Å². The highest BCUT2D eigenvalue weighted by atomic mass is 79.9. The van der Waals surface area contributed by atoms with Gasteiger partial charge in [0.25, 0.3) is 5.91 Å². The first-order chi connectivity index (χ1) is 17.8. The summed E-state index contributed by atoms with van der Waals surface area (Å²) in [6, 6.07) is 15.1. The van der Waals surface area contributed by atoms with E-state index in [4.69, 9.17) is 25.5 Å². The van der Waals surface area contributed by atoms with Gasteiger partial charge in [0.05, 0.1) is 23.6 Å². The fourth-order valence-corrected chi connectivity index (χ4v) is 5.03. The third-order valence-corrected chi connectivity index (χ3v) is 7.11. The van der Waals surface area contributed by atoms with Crippen LogP contribution in [0.2, 0.25) is 5.02 Å². The van der Waals surface area contributed by atoms with Crippen molar-refractivity contribution in [2.75, 3.05) is 18.1 Å². The largest absolute Gasteiger partial charge is 0.490 e. The Labute approximate surface area is 227 Å². The molecule has 1 aromatic heterocycles. The topological polar surface area (TPSA) is 69.0 Å². The summed E-state index contributed by atoms with van der Waals surface area (Å²) >= 11 is 9.87. The van der Waals surface area contributed by atoms with Gasteiger partial charge in [-0.2, -0.15) is 0 Å². The summed E-state index contributed by atoms with van der Waals surface area (Å²) in [6.07, 6.45) is 1.65. The van der Waals surface area contributed by atoms with Crippen molar-refractivity contribution >= 4 is 50.1 Å². The molecule has 2 heterocycles. The van der Waals surface area contributed by atoms with Gasteiger partial charge in [0.15, 0.2) is 16.9 Å². The van der Waals surface area contributed by atoms with Gasteiger partial charge >= 0.3 is 0 Å². The van der Waals surface area contributed by atoms with Crippen molar-refractivity contribution in [2.24, 2.45) is 0 Å². The fourth-order valence-electron chi connectivity index (χ4n) is 4.49. The van der Waals surface area contributed by atoms with Gasteiger partial charge in [-0.3, -0.25) is 14.5 Å². The second-order valence-electron chi connectivity index (χ2n) is 8.56. The minimum atomic E-state index is -0.770. The second-order valence-corrected chi connectivity index (χ2v) is 9.89. The van der Waals surface area contributed by atoms with Crippen molar-refractivity contribution in [3.05, 3.63) is 109 Å². The molecule has 0 saturated heterocycles. The summed E-state index contributed by atoms with van der Waals surface area (Å²) in [6.45, 7) is 8.17. The molecule has 188 valence electrons. The normalized spacial score (nSPS) is 14.6. The zero-order chi connectivity index (χ0) is 26.3. The molecule has 1 atom stereocenters. The number of amides is 1. The van der Waals surface area contributed by atoms with E-state index in [9.17, 15) is 9.59 Å². The Kier molecular flexibility index (Phi) is 6.84. The van der Waals surface area contributed by atoms with E-state index in [0.717, 1.165) is 10.0 Å². The molecule has 0 radical (unpaired) electrons. The number of fused-ring (bicyclic) bond motifs is 2. The van der Waals surface area contributed by atoms with Gasteiger partial charge in [0.2, 0.25) is 5.76 Å². The first kappa shape index (κ1) is 25.1. The Bertz CT molecular complexity index is 1610. The summed E-state index contributed by atoms with van der Waals surface area (Å²) in [5.41, 5.74) is 2.41. The molecule has 0 fully saturated rings. The Hall–Kier alpha value is -3.55. The van der Waals surface area contributed by atoms with Crippen LogP contribution in [0.25, 0.3) is 11.0 Å². The Balaban J connectivity index is 1.77. The van der Waals surface area contributed by atoms with E-state index in [2.05, 4.69) is 22.5 Å². The molecule has 0 N–H and O–H groups in total. The van der Waals surface area contributed by atoms with E-state index < -0.39 is 11.9 Å². The molecule has 1 aliphatic heterocycles. The maximum atomic E-state index is 13.9. The van der Waals surface area contributed by atoms with Crippen LogP contribution >= 0.6 is 27.5 Å². The standard InChI is InChI=1S/C29H23BrClNO5/c1-4-12-36-23-10-7-17(13-24(23)35-5-2)26-25-27(33)20-14-18(30)8-11-22(20)37-28(25)29(34)32(26)19-9-6-16(3)21(31)15-19/h4,6-11,13-15,26H,1,5,12H2,2-3H3. The molecule has 8 heteroatoms. The molecule has 1 aliphatic rings. The first-order valence-electron chi connectivity index (χ1n) is 11.7. The molecule has 1 unspecified atom stereocenters. The Morgan fingerprint density at radius 3 is 2.62 bits per heavy atom. The van der Waals surface area contributed by atoms with Crippen LogP contribution in [-0.4, -0.2) is 19.1 Å². The van der Waals surface area contributed by atoms with Crippen molar-refractivity contribution in [1.29, 1.82) is 0 Å². The highest BCUT2D eigenvalue weighted by molar-refractivity contribution is 9.10. The number of anilines is 1. The average Bonchev–Trinajstić information content (AvgIpc) is 3.18. The van der Waals surface area contributed by atoms with E-state index in [0.29, 0.717) is 52.0 Å². The van der Waals surface area contributed by atoms with E-state index >= 15 is 0 Å². The van der Waals surface area contributed by atoms with E-state index in [-0.39, 0.29) is 16.8 Å². The SMILES string of the molecule is C=CCOc1ccc(C2c3c(oc4ccc(Br)cc4c3=O)C(=O)N2c2ccc(C)c(Cl)c2)cc1OCC. The molecule has 1 amide bonds. The quantitative estimate of drug-likeness (QED) is 0.216. The average molecular weight is 581 g/mol. The fraction of sp³-hybridized carbons (Fsp3) is 0.172. The zero-order valence-electron chi connectivity index (χ0n) is 20.2. The number of hydrogen-bond donors (Lipinski definition) is 0. The van der Waals surface area contributed by atoms with E-state index in [1.807, 2.05) is 32.0 Å². The number of halogens is 2. The van der Waals surface area contributed by atoms with Crippen molar-refractivity contribution in [3.8, 4) is 11.5 Å². The molecule has 3 aromatic carbocycles. The summed E-state index contributed by atoms with van der Waals surface area (Å²) in [4.78, 5) is 29.2.